The second-order valence-electron chi connectivity index (χ2n) is 12.8. The third kappa shape index (κ3) is 7.24. The number of aryl methyl sites for hydroxylation is 1. The van der Waals surface area contributed by atoms with Crippen LogP contribution in [-0.2, 0) is 31.4 Å². The number of para-hydroxylation sites is 1. The molecular weight excluding hydrogens is 643 g/mol. The number of hydrogen-bond donors (Lipinski definition) is 0. The maximum atomic E-state index is 14.0. The number of pyridine rings is 1. The summed E-state index contributed by atoms with van der Waals surface area (Å²) in [5.74, 6) is -0.0630. The molecule has 46 heavy (non-hydrogen) atoms. The van der Waals surface area contributed by atoms with E-state index in [1.165, 1.54) is 54.0 Å². The number of aromatic nitrogens is 1. The highest BCUT2D eigenvalue weighted by atomic mass is 35.5. The Morgan fingerprint density at radius 2 is 1.76 bits per heavy atom. The number of carbonyl (C=O) groups excluding carboxylic acids is 1. The van der Waals surface area contributed by atoms with Gasteiger partial charge in [-0.2, -0.15) is 0 Å². The highest BCUT2D eigenvalue weighted by molar-refractivity contribution is 7.92. The summed E-state index contributed by atoms with van der Waals surface area (Å²) < 4.78 is 35.4. The van der Waals surface area contributed by atoms with Gasteiger partial charge in [-0.3, -0.25) is 14.1 Å². The SMILES string of the molecule is O=C(COCC1CCc2ccccc2N1S(=O)(=O)c1ccc(Cl)c(Cl)c1)N1CCC(CCCN2CCCC2)(c2cccnc2)CC1. The second-order valence-corrected chi connectivity index (χ2v) is 15.4. The Bertz CT molecular complexity index is 1610. The Morgan fingerprint density at radius 3 is 2.50 bits per heavy atom. The molecule has 2 saturated heterocycles. The van der Waals surface area contributed by atoms with Crippen molar-refractivity contribution in [3.8, 4) is 0 Å². The van der Waals surface area contributed by atoms with Crippen LogP contribution in [0.3, 0.4) is 0 Å². The number of hydrogen-bond acceptors (Lipinski definition) is 6. The summed E-state index contributed by atoms with van der Waals surface area (Å²) in [6, 6.07) is 15.6. The first-order chi connectivity index (χ1) is 22.3. The van der Waals surface area contributed by atoms with Crippen molar-refractivity contribution >= 4 is 44.8 Å². The van der Waals surface area contributed by atoms with Gasteiger partial charge in [0.1, 0.15) is 6.61 Å². The number of likely N-dealkylation sites (tertiary alicyclic amines) is 2. The van der Waals surface area contributed by atoms with Crippen LogP contribution in [0.1, 0.15) is 56.1 Å². The van der Waals surface area contributed by atoms with Gasteiger partial charge in [0.15, 0.2) is 0 Å². The van der Waals surface area contributed by atoms with E-state index in [0.29, 0.717) is 31.6 Å². The summed E-state index contributed by atoms with van der Waals surface area (Å²) in [5, 5.41) is 0.461. The fraction of sp³-hybridized carbons (Fsp3) is 0.486. The summed E-state index contributed by atoms with van der Waals surface area (Å²) in [6.45, 7) is 4.87. The number of nitrogens with zero attached hydrogens (tertiary/aromatic N) is 4. The third-order valence-electron chi connectivity index (χ3n) is 9.97. The van der Waals surface area contributed by atoms with Crippen LogP contribution in [0, 0.1) is 0 Å². The minimum Gasteiger partial charge on any atom is -0.369 e. The van der Waals surface area contributed by atoms with Crippen LogP contribution in [-0.4, -0.2) is 81.1 Å². The zero-order valence-corrected chi connectivity index (χ0v) is 28.4. The van der Waals surface area contributed by atoms with E-state index in [4.69, 9.17) is 27.9 Å². The molecule has 4 heterocycles. The number of halogens is 2. The minimum atomic E-state index is -3.98. The zero-order chi connectivity index (χ0) is 32.1. The van der Waals surface area contributed by atoms with Crippen LogP contribution in [0.4, 0.5) is 5.69 Å². The van der Waals surface area contributed by atoms with E-state index in [1.807, 2.05) is 47.6 Å². The molecule has 8 nitrogen and oxygen atoms in total. The van der Waals surface area contributed by atoms with Gasteiger partial charge >= 0.3 is 0 Å². The van der Waals surface area contributed by atoms with Gasteiger partial charge in [-0.05, 0) is 112 Å². The lowest BCUT2D eigenvalue weighted by molar-refractivity contribution is -0.138. The number of fused-ring (bicyclic) bond motifs is 1. The monoisotopic (exact) mass is 684 g/mol. The van der Waals surface area contributed by atoms with Gasteiger partial charge in [0, 0.05) is 30.9 Å². The Hall–Kier alpha value is -2.69. The van der Waals surface area contributed by atoms with Crippen LogP contribution >= 0.6 is 23.2 Å². The van der Waals surface area contributed by atoms with Crippen LogP contribution < -0.4 is 4.31 Å². The lowest BCUT2D eigenvalue weighted by atomic mass is 9.70. The highest BCUT2D eigenvalue weighted by Crippen LogP contribution is 2.40. The van der Waals surface area contributed by atoms with Crippen molar-refractivity contribution < 1.29 is 17.9 Å². The standard InChI is InChI=1S/C35H42Cl2N4O4S/c36-31-13-12-30(23-32(31)37)46(43,44)41-29(11-10-27-7-1-2-9-33(27)41)25-45-26-34(42)40-21-15-35(16-22-40,28-8-5-17-38-24-28)14-6-20-39-18-3-4-19-39/h1-2,5,7-9,12-13,17,23-24,29H,3-4,6,10-11,14-16,18-22,25-26H2. The number of carbonyl (C=O) groups is 1. The predicted octanol–water partition coefficient (Wildman–Crippen LogP) is 6.35. The molecule has 246 valence electrons. The van der Waals surface area contributed by atoms with Crippen LogP contribution in [0.2, 0.25) is 10.0 Å². The summed E-state index contributed by atoms with van der Waals surface area (Å²) in [5.41, 5.74) is 2.85. The molecule has 2 fully saturated rings. The molecule has 3 aliphatic rings. The molecule has 0 radical (unpaired) electrons. The van der Waals surface area contributed by atoms with Crippen LogP contribution in [0.25, 0.3) is 0 Å². The van der Waals surface area contributed by atoms with Crippen molar-refractivity contribution in [3.63, 3.8) is 0 Å². The van der Waals surface area contributed by atoms with E-state index in [0.717, 1.165) is 37.8 Å². The molecule has 0 aliphatic carbocycles. The van der Waals surface area contributed by atoms with Crippen molar-refractivity contribution in [2.45, 2.75) is 67.7 Å². The Balaban J connectivity index is 1.09. The topological polar surface area (TPSA) is 83.0 Å². The van der Waals surface area contributed by atoms with Gasteiger partial charge in [0.25, 0.3) is 10.0 Å². The zero-order valence-electron chi connectivity index (χ0n) is 26.1. The number of anilines is 1. The number of benzene rings is 2. The molecule has 0 N–H and O–H groups in total. The molecule has 3 aromatic rings. The fourth-order valence-corrected chi connectivity index (χ4v) is 9.46. The van der Waals surface area contributed by atoms with Crippen LogP contribution in [0.15, 0.2) is 71.9 Å². The van der Waals surface area contributed by atoms with E-state index in [2.05, 4.69) is 16.0 Å². The van der Waals surface area contributed by atoms with Crippen molar-refractivity contribution in [1.82, 2.24) is 14.8 Å². The number of rotatable bonds is 11. The predicted molar refractivity (Wildman–Crippen MR) is 182 cm³/mol. The average Bonchev–Trinajstić information content (AvgIpc) is 3.60. The van der Waals surface area contributed by atoms with Gasteiger partial charge in [-0.1, -0.05) is 47.5 Å². The molecule has 6 rings (SSSR count). The smallest absolute Gasteiger partial charge is 0.264 e. The number of sulfonamides is 1. The molecule has 1 atom stereocenters. The van der Waals surface area contributed by atoms with E-state index < -0.39 is 16.1 Å². The molecule has 0 spiro atoms. The molecule has 0 saturated carbocycles. The normalized spacial score (nSPS) is 20.1. The lowest BCUT2D eigenvalue weighted by Crippen LogP contribution is -2.48. The fourth-order valence-electron chi connectivity index (χ4n) is 7.37. The summed E-state index contributed by atoms with van der Waals surface area (Å²) in [6.07, 6.45) is 11.7. The number of piperidine rings is 1. The molecule has 1 amide bonds. The Morgan fingerprint density at radius 1 is 0.978 bits per heavy atom. The van der Waals surface area contributed by atoms with Crippen LogP contribution in [0.5, 0.6) is 0 Å². The quantitative estimate of drug-likeness (QED) is 0.234. The van der Waals surface area contributed by atoms with E-state index in [9.17, 15) is 13.2 Å². The molecule has 2 aromatic carbocycles. The van der Waals surface area contributed by atoms with E-state index in [-0.39, 0.29) is 39.5 Å². The van der Waals surface area contributed by atoms with Gasteiger partial charge in [-0.25, -0.2) is 8.42 Å². The maximum Gasteiger partial charge on any atom is 0.264 e. The summed E-state index contributed by atoms with van der Waals surface area (Å²) in [7, 11) is -3.98. The average molecular weight is 686 g/mol. The van der Waals surface area contributed by atoms with Crippen molar-refractivity contribution in [3.05, 3.63) is 88.2 Å². The van der Waals surface area contributed by atoms with E-state index >= 15 is 0 Å². The minimum absolute atomic E-state index is 0.0144. The first-order valence-corrected chi connectivity index (χ1v) is 18.5. The molecule has 1 aromatic heterocycles. The molecule has 11 heteroatoms. The van der Waals surface area contributed by atoms with Crippen molar-refractivity contribution in [2.75, 3.05) is 50.2 Å². The lowest BCUT2D eigenvalue weighted by Gasteiger charge is -2.42. The van der Waals surface area contributed by atoms with Gasteiger partial charge in [0.2, 0.25) is 5.91 Å². The molecular formula is C35H42Cl2N4O4S. The van der Waals surface area contributed by atoms with Gasteiger partial charge in [-0.15, -0.1) is 0 Å². The molecule has 3 aliphatic heterocycles. The van der Waals surface area contributed by atoms with Crippen molar-refractivity contribution in [1.29, 1.82) is 0 Å². The van der Waals surface area contributed by atoms with E-state index in [1.54, 1.807) is 0 Å². The molecule has 0 bridgehead atoms. The first-order valence-electron chi connectivity index (χ1n) is 16.3. The summed E-state index contributed by atoms with van der Waals surface area (Å²) in [4.78, 5) is 22.3. The number of ether oxygens (including phenoxy) is 1. The molecule has 1 unspecified atom stereocenters. The largest absolute Gasteiger partial charge is 0.369 e. The first kappa shape index (κ1) is 33.2. The summed E-state index contributed by atoms with van der Waals surface area (Å²) >= 11 is 12.3. The third-order valence-corrected chi connectivity index (χ3v) is 12.6. The number of amides is 1. The Labute approximate surface area is 282 Å². The maximum absolute atomic E-state index is 14.0. The van der Waals surface area contributed by atoms with Gasteiger partial charge < -0.3 is 14.5 Å². The highest BCUT2D eigenvalue weighted by Gasteiger charge is 2.39. The van der Waals surface area contributed by atoms with Crippen molar-refractivity contribution in [2.24, 2.45) is 0 Å². The second kappa shape index (κ2) is 14.6. The Kier molecular flexibility index (Phi) is 10.5. The van der Waals surface area contributed by atoms with Gasteiger partial charge in [0.05, 0.1) is 33.3 Å².